The third kappa shape index (κ3) is 3.35. The van der Waals surface area contributed by atoms with E-state index < -0.39 is 0 Å². The summed E-state index contributed by atoms with van der Waals surface area (Å²) in [6.45, 7) is 3.30. The third-order valence-electron chi connectivity index (χ3n) is 2.46. The minimum Gasteiger partial charge on any atom is -0.314 e. The monoisotopic (exact) mass is 168 g/mol. The number of nitrogens with one attached hydrogen (secondary N) is 2. The molecular formula is C10H20N2. The summed E-state index contributed by atoms with van der Waals surface area (Å²) in [6.07, 6.45) is 7.01. The van der Waals surface area contributed by atoms with E-state index in [-0.39, 0.29) is 0 Å². The summed E-state index contributed by atoms with van der Waals surface area (Å²) >= 11 is 0. The lowest BCUT2D eigenvalue weighted by atomic mass is 9.98. The van der Waals surface area contributed by atoms with Crippen LogP contribution in [0.1, 0.15) is 45.4 Å². The van der Waals surface area contributed by atoms with E-state index in [0.717, 1.165) is 31.5 Å². The van der Waals surface area contributed by atoms with Crippen LogP contribution in [-0.4, -0.2) is 18.3 Å². The van der Waals surface area contributed by atoms with Crippen molar-refractivity contribution in [1.82, 2.24) is 5.32 Å². The van der Waals surface area contributed by atoms with Gasteiger partial charge in [-0.2, -0.15) is 0 Å². The Hall–Kier alpha value is -0.370. The Morgan fingerprint density at radius 1 is 1.50 bits per heavy atom. The van der Waals surface area contributed by atoms with Crippen molar-refractivity contribution in [3.05, 3.63) is 0 Å². The molecule has 0 amide bonds. The van der Waals surface area contributed by atoms with Crippen LogP contribution in [0, 0.1) is 5.41 Å². The molecule has 2 heteroatoms. The van der Waals surface area contributed by atoms with Crippen molar-refractivity contribution >= 4 is 5.71 Å². The maximum Gasteiger partial charge on any atom is 0.0119 e. The van der Waals surface area contributed by atoms with Crippen LogP contribution in [0.25, 0.3) is 0 Å². The van der Waals surface area contributed by atoms with Crippen LogP contribution in [-0.2, 0) is 0 Å². The van der Waals surface area contributed by atoms with Crippen molar-refractivity contribution < 1.29 is 0 Å². The largest absolute Gasteiger partial charge is 0.314 e. The van der Waals surface area contributed by atoms with Crippen LogP contribution in [0.4, 0.5) is 0 Å². The lowest BCUT2D eigenvalue weighted by Crippen LogP contribution is -2.35. The second kappa shape index (κ2) is 5.31. The van der Waals surface area contributed by atoms with E-state index in [4.69, 9.17) is 5.41 Å². The van der Waals surface area contributed by atoms with Gasteiger partial charge in [-0.1, -0.05) is 19.8 Å². The Kier molecular flexibility index (Phi) is 4.30. The Labute approximate surface area is 75.3 Å². The first-order chi connectivity index (χ1) is 5.83. The molecule has 2 nitrogen and oxygen atoms in total. The molecule has 1 fully saturated rings. The fraction of sp³-hybridized carbons (Fsp3) is 0.900. The maximum atomic E-state index is 7.68. The molecule has 0 spiro atoms. The molecule has 0 unspecified atom stereocenters. The first-order valence-electron chi connectivity index (χ1n) is 5.12. The molecule has 1 heterocycles. The molecule has 0 bridgehead atoms. The molecule has 1 aliphatic rings. The van der Waals surface area contributed by atoms with Crippen molar-refractivity contribution in [2.75, 3.05) is 6.54 Å². The lowest BCUT2D eigenvalue weighted by Gasteiger charge is -2.23. The molecule has 2 N–H and O–H groups in total. The van der Waals surface area contributed by atoms with Crippen molar-refractivity contribution in [2.24, 2.45) is 0 Å². The van der Waals surface area contributed by atoms with Crippen LogP contribution in [0.5, 0.6) is 0 Å². The molecule has 0 aliphatic carbocycles. The van der Waals surface area contributed by atoms with Crippen molar-refractivity contribution in [2.45, 2.75) is 51.5 Å². The summed E-state index contributed by atoms with van der Waals surface area (Å²) in [4.78, 5) is 0. The molecule has 70 valence electrons. The SMILES string of the molecule is CCCC(=N)C[C@@H]1CCCCN1. The Morgan fingerprint density at radius 2 is 2.33 bits per heavy atom. The molecule has 1 rings (SSSR count). The van der Waals surface area contributed by atoms with E-state index in [1.54, 1.807) is 0 Å². The van der Waals surface area contributed by atoms with Crippen LogP contribution in [0.3, 0.4) is 0 Å². The molecular weight excluding hydrogens is 148 g/mol. The highest BCUT2D eigenvalue weighted by atomic mass is 14.9. The zero-order valence-corrected chi connectivity index (χ0v) is 8.03. The molecule has 0 aromatic rings. The molecule has 1 atom stereocenters. The lowest BCUT2D eigenvalue weighted by molar-refractivity contribution is 0.408. The van der Waals surface area contributed by atoms with Crippen LogP contribution >= 0.6 is 0 Å². The molecule has 1 aliphatic heterocycles. The van der Waals surface area contributed by atoms with Gasteiger partial charge in [0.2, 0.25) is 0 Å². The quantitative estimate of drug-likeness (QED) is 0.621. The normalized spacial score (nSPS) is 23.9. The predicted octanol–water partition coefficient (Wildman–Crippen LogP) is 2.34. The number of hydrogen-bond acceptors (Lipinski definition) is 2. The minimum absolute atomic E-state index is 0.609. The zero-order chi connectivity index (χ0) is 8.81. The molecule has 0 aromatic carbocycles. The third-order valence-corrected chi connectivity index (χ3v) is 2.46. The van der Waals surface area contributed by atoms with E-state index in [0.29, 0.717) is 6.04 Å². The number of hydrogen-bond donors (Lipinski definition) is 2. The van der Waals surface area contributed by atoms with Crippen molar-refractivity contribution in [1.29, 1.82) is 5.41 Å². The van der Waals surface area contributed by atoms with Gasteiger partial charge in [-0.15, -0.1) is 0 Å². The second-order valence-electron chi connectivity index (χ2n) is 3.70. The number of rotatable bonds is 4. The van der Waals surface area contributed by atoms with Gasteiger partial charge in [0.15, 0.2) is 0 Å². The van der Waals surface area contributed by atoms with Crippen LogP contribution in [0.15, 0.2) is 0 Å². The highest BCUT2D eigenvalue weighted by Gasteiger charge is 2.13. The standard InChI is InChI=1S/C10H20N2/c1-2-5-9(11)8-10-6-3-4-7-12-10/h10-12H,2-8H2,1H3/t10-/m0/s1. The summed E-state index contributed by atoms with van der Waals surface area (Å²) in [5.41, 5.74) is 0.928. The average Bonchev–Trinajstić information content (AvgIpc) is 2.06. The van der Waals surface area contributed by atoms with Crippen molar-refractivity contribution in [3.8, 4) is 0 Å². The predicted molar refractivity (Wildman–Crippen MR) is 52.9 cm³/mol. The van der Waals surface area contributed by atoms with Gasteiger partial charge in [-0.25, -0.2) is 0 Å². The maximum absolute atomic E-state index is 7.68. The fourth-order valence-electron chi connectivity index (χ4n) is 1.80. The molecule has 0 saturated carbocycles. The smallest absolute Gasteiger partial charge is 0.0119 e. The van der Waals surface area contributed by atoms with Gasteiger partial charge in [0, 0.05) is 18.2 Å². The van der Waals surface area contributed by atoms with E-state index in [1.165, 1.54) is 19.3 Å². The zero-order valence-electron chi connectivity index (χ0n) is 8.03. The fourth-order valence-corrected chi connectivity index (χ4v) is 1.80. The summed E-state index contributed by atoms with van der Waals surface area (Å²) in [5.74, 6) is 0. The highest BCUT2D eigenvalue weighted by Crippen LogP contribution is 2.11. The Bertz CT molecular complexity index is 137. The van der Waals surface area contributed by atoms with E-state index in [2.05, 4.69) is 12.2 Å². The van der Waals surface area contributed by atoms with Gasteiger partial charge < -0.3 is 10.7 Å². The average molecular weight is 168 g/mol. The summed E-state index contributed by atoms with van der Waals surface area (Å²) < 4.78 is 0. The Morgan fingerprint density at radius 3 is 2.92 bits per heavy atom. The minimum atomic E-state index is 0.609. The van der Waals surface area contributed by atoms with Crippen LogP contribution < -0.4 is 5.32 Å². The first-order valence-corrected chi connectivity index (χ1v) is 5.12. The molecule has 1 saturated heterocycles. The number of piperidine rings is 1. The van der Waals surface area contributed by atoms with Gasteiger partial charge in [-0.05, 0) is 25.8 Å². The van der Waals surface area contributed by atoms with Gasteiger partial charge in [0.1, 0.15) is 0 Å². The summed E-state index contributed by atoms with van der Waals surface area (Å²) in [6, 6.07) is 0.609. The summed E-state index contributed by atoms with van der Waals surface area (Å²) in [5, 5.41) is 11.2. The molecule has 12 heavy (non-hydrogen) atoms. The van der Waals surface area contributed by atoms with Crippen LogP contribution in [0.2, 0.25) is 0 Å². The van der Waals surface area contributed by atoms with E-state index in [1.807, 2.05) is 0 Å². The summed E-state index contributed by atoms with van der Waals surface area (Å²) in [7, 11) is 0. The van der Waals surface area contributed by atoms with Crippen molar-refractivity contribution in [3.63, 3.8) is 0 Å². The molecule has 0 aromatic heterocycles. The van der Waals surface area contributed by atoms with Gasteiger partial charge in [0.25, 0.3) is 0 Å². The topological polar surface area (TPSA) is 35.9 Å². The highest BCUT2D eigenvalue weighted by molar-refractivity contribution is 5.81. The van der Waals surface area contributed by atoms with E-state index in [9.17, 15) is 0 Å². The van der Waals surface area contributed by atoms with Gasteiger partial charge in [-0.3, -0.25) is 0 Å². The van der Waals surface area contributed by atoms with Gasteiger partial charge in [0.05, 0.1) is 0 Å². The Balaban J connectivity index is 2.15. The first kappa shape index (κ1) is 9.72. The second-order valence-corrected chi connectivity index (χ2v) is 3.70. The molecule has 0 radical (unpaired) electrons. The van der Waals surface area contributed by atoms with E-state index >= 15 is 0 Å². The van der Waals surface area contributed by atoms with Gasteiger partial charge >= 0.3 is 0 Å².